The number of fused-ring (bicyclic) bond motifs is 1. The lowest BCUT2D eigenvalue weighted by atomic mass is 9.63. The Bertz CT molecular complexity index is 469. The summed E-state index contributed by atoms with van der Waals surface area (Å²) in [7, 11) is 0. The van der Waals surface area contributed by atoms with Gasteiger partial charge in [-0.05, 0) is 25.7 Å². The Labute approximate surface area is 109 Å². The van der Waals surface area contributed by atoms with Gasteiger partial charge in [0, 0.05) is 19.3 Å². The van der Waals surface area contributed by atoms with Crippen molar-refractivity contribution in [2.45, 2.75) is 51.0 Å². The van der Waals surface area contributed by atoms with Crippen LogP contribution < -0.4 is 0 Å². The number of esters is 2. The van der Waals surface area contributed by atoms with Crippen molar-refractivity contribution in [3.63, 3.8) is 0 Å². The predicted octanol–water partition coefficient (Wildman–Crippen LogP) is 1.29. The molecule has 3 saturated carbocycles. The monoisotopic (exact) mass is 270 g/mol. The fourth-order valence-electron chi connectivity index (χ4n) is 3.52. The molecule has 0 atom stereocenters. The second kappa shape index (κ2) is 3.35. The van der Waals surface area contributed by atoms with E-state index in [0.29, 0.717) is 12.8 Å². The van der Waals surface area contributed by atoms with Gasteiger partial charge >= 0.3 is 11.9 Å². The van der Waals surface area contributed by atoms with Gasteiger partial charge in [0.15, 0.2) is 5.78 Å². The van der Waals surface area contributed by atoms with Crippen molar-refractivity contribution in [3.8, 4) is 0 Å². The molecule has 0 aromatic rings. The third-order valence-electron chi connectivity index (χ3n) is 4.31. The standard InChI is InChI=1S/C13H15FO5/c1-11(2)18-9(16)7(10(17)19-11)8(15)12-3-4-13(14,5-12)6-12/h7H,3-6H2,1-2H3. The van der Waals surface area contributed by atoms with Crippen LogP contribution in [0.25, 0.3) is 0 Å². The molecule has 104 valence electrons. The number of ether oxygens (including phenoxy) is 2. The number of cyclic esters (lactones) is 2. The summed E-state index contributed by atoms with van der Waals surface area (Å²) in [6.45, 7) is 2.85. The zero-order chi connectivity index (χ0) is 14.1. The molecule has 0 aromatic heterocycles. The van der Waals surface area contributed by atoms with Crippen LogP contribution in [0.4, 0.5) is 4.39 Å². The molecule has 6 heteroatoms. The average molecular weight is 270 g/mol. The van der Waals surface area contributed by atoms with Gasteiger partial charge in [0.1, 0.15) is 5.67 Å². The number of hydrogen-bond acceptors (Lipinski definition) is 5. The predicted molar refractivity (Wildman–Crippen MR) is 59.5 cm³/mol. The molecule has 4 fully saturated rings. The number of carbonyl (C=O) groups is 3. The second-order valence-corrected chi connectivity index (χ2v) is 6.32. The van der Waals surface area contributed by atoms with Crippen LogP contribution in [0.3, 0.4) is 0 Å². The lowest BCUT2D eigenvalue weighted by molar-refractivity contribution is -0.239. The summed E-state index contributed by atoms with van der Waals surface area (Å²) in [6.07, 6.45) is 0.933. The molecule has 1 heterocycles. The Morgan fingerprint density at radius 1 is 1.16 bits per heavy atom. The van der Waals surface area contributed by atoms with Gasteiger partial charge < -0.3 is 9.47 Å². The van der Waals surface area contributed by atoms with Crippen LogP contribution in [0.1, 0.15) is 39.5 Å². The number of halogens is 1. The van der Waals surface area contributed by atoms with Crippen molar-refractivity contribution in [1.82, 2.24) is 0 Å². The number of alkyl halides is 1. The SMILES string of the molecule is CC1(C)OC(=O)C(C(=O)C23CCC(F)(C2)C3)C(=O)O1. The van der Waals surface area contributed by atoms with Crippen molar-refractivity contribution in [2.24, 2.45) is 11.3 Å². The minimum atomic E-state index is -1.55. The minimum Gasteiger partial charge on any atom is -0.422 e. The first-order valence-electron chi connectivity index (χ1n) is 6.36. The van der Waals surface area contributed by atoms with Gasteiger partial charge in [-0.3, -0.25) is 14.4 Å². The van der Waals surface area contributed by atoms with Crippen LogP contribution in [0.5, 0.6) is 0 Å². The zero-order valence-corrected chi connectivity index (χ0v) is 10.8. The molecular formula is C13H15FO5. The van der Waals surface area contributed by atoms with E-state index in [2.05, 4.69) is 0 Å². The third kappa shape index (κ3) is 1.69. The lowest BCUT2D eigenvalue weighted by Crippen LogP contribution is -2.55. The number of hydrogen-bond donors (Lipinski definition) is 0. The highest BCUT2D eigenvalue weighted by Crippen LogP contribution is 2.64. The van der Waals surface area contributed by atoms with Crippen molar-refractivity contribution in [2.75, 3.05) is 0 Å². The molecule has 0 N–H and O–H groups in total. The summed E-state index contributed by atoms with van der Waals surface area (Å²) in [5.41, 5.74) is -2.14. The van der Waals surface area contributed by atoms with E-state index in [0.717, 1.165) is 0 Å². The Kier molecular flexibility index (Phi) is 2.21. The fraction of sp³-hybridized carbons (Fsp3) is 0.769. The molecule has 4 aliphatic rings. The minimum absolute atomic E-state index is 0.110. The van der Waals surface area contributed by atoms with Gasteiger partial charge in [0.05, 0.1) is 0 Å². The van der Waals surface area contributed by atoms with Gasteiger partial charge in [0.2, 0.25) is 5.92 Å². The van der Waals surface area contributed by atoms with Crippen molar-refractivity contribution in [3.05, 3.63) is 0 Å². The van der Waals surface area contributed by atoms with Crippen LogP contribution in [-0.4, -0.2) is 29.2 Å². The average Bonchev–Trinajstić information content (AvgIpc) is 2.68. The molecule has 2 bridgehead atoms. The van der Waals surface area contributed by atoms with Gasteiger partial charge in [-0.1, -0.05) is 0 Å². The highest BCUT2D eigenvalue weighted by molar-refractivity contribution is 6.18. The Morgan fingerprint density at radius 2 is 1.68 bits per heavy atom. The maximum atomic E-state index is 13.8. The van der Waals surface area contributed by atoms with Gasteiger partial charge in [-0.2, -0.15) is 0 Å². The van der Waals surface area contributed by atoms with E-state index >= 15 is 0 Å². The van der Waals surface area contributed by atoms with E-state index < -0.39 is 40.5 Å². The maximum absolute atomic E-state index is 13.8. The first-order chi connectivity index (χ1) is 8.67. The molecule has 5 nitrogen and oxygen atoms in total. The molecule has 0 radical (unpaired) electrons. The Morgan fingerprint density at radius 3 is 2.11 bits per heavy atom. The molecular weight excluding hydrogens is 255 g/mol. The maximum Gasteiger partial charge on any atom is 0.331 e. The van der Waals surface area contributed by atoms with E-state index in [1.807, 2.05) is 0 Å². The van der Waals surface area contributed by atoms with E-state index in [9.17, 15) is 18.8 Å². The van der Waals surface area contributed by atoms with Gasteiger partial charge in [0.25, 0.3) is 5.79 Å². The molecule has 4 rings (SSSR count). The van der Waals surface area contributed by atoms with E-state index in [4.69, 9.17) is 9.47 Å². The molecule has 1 aliphatic heterocycles. The molecule has 0 amide bonds. The van der Waals surface area contributed by atoms with Crippen molar-refractivity contribution >= 4 is 17.7 Å². The van der Waals surface area contributed by atoms with Crippen LogP contribution in [0.15, 0.2) is 0 Å². The summed E-state index contributed by atoms with van der Waals surface area (Å²) in [5, 5.41) is 0. The molecule has 1 saturated heterocycles. The van der Waals surface area contributed by atoms with Crippen LogP contribution in [-0.2, 0) is 23.9 Å². The molecule has 3 aliphatic carbocycles. The highest BCUT2D eigenvalue weighted by Gasteiger charge is 2.68. The lowest BCUT2D eigenvalue weighted by Gasteiger charge is -2.43. The van der Waals surface area contributed by atoms with Gasteiger partial charge in [-0.25, -0.2) is 4.39 Å². The Balaban J connectivity index is 1.82. The number of carbonyl (C=O) groups excluding carboxylic acids is 3. The Hall–Kier alpha value is -1.46. The van der Waals surface area contributed by atoms with Crippen LogP contribution >= 0.6 is 0 Å². The summed E-state index contributed by atoms with van der Waals surface area (Å²) < 4.78 is 23.6. The molecule has 0 aromatic carbocycles. The number of rotatable bonds is 2. The fourth-order valence-corrected chi connectivity index (χ4v) is 3.52. The summed E-state index contributed by atoms with van der Waals surface area (Å²) >= 11 is 0. The van der Waals surface area contributed by atoms with E-state index in [-0.39, 0.29) is 12.8 Å². The quantitative estimate of drug-likeness (QED) is 0.558. The first kappa shape index (κ1) is 12.6. The zero-order valence-electron chi connectivity index (χ0n) is 10.8. The smallest absolute Gasteiger partial charge is 0.331 e. The van der Waals surface area contributed by atoms with E-state index in [1.165, 1.54) is 13.8 Å². The third-order valence-corrected chi connectivity index (χ3v) is 4.31. The number of Topliss-reactive ketones (excluding diaryl/α,β-unsaturated/α-hetero) is 1. The topological polar surface area (TPSA) is 69.7 Å². The van der Waals surface area contributed by atoms with E-state index in [1.54, 1.807) is 0 Å². The molecule has 0 unspecified atom stereocenters. The summed E-state index contributed by atoms with van der Waals surface area (Å²) in [5.74, 6) is -5.20. The molecule has 19 heavy (non-hydrogen) atoms. The summed E-state index contributed by atoms with van der Waals surface area (Å²) in [6, 6.07) is 0. The second-order valence-electron chi connectivity index (χ2n) is 6.32. The summed E-state index contributed by atoms with van der Waals surface area (Å²) in [4.78, 5) is 36.0. The number of ketones is 1. The normalized spacial score (nSPS) is 40.4. The van der Waals surface area contributed by atoms with Crippen molar-refractivity contribution < 1.29 is 28.2 Å². The van der Waals surface area contributed by atoms with Crippen LogP contribution in [0, 0.1) is 11.3 Å². The van der Waals surface area contributed by atoms with Crippen LogP contribution in [0.2, 0.25) is 0 Å². The van der Waals surface area contributed by atoms with Crippen molar-refractivity contribution in [1.29, 1.82) is 0 Å². The molecule has 0 spiro atoms. The van der Waals surface area contributed by atoms with Gasteiger partial charge in [-0.15, -0.1) is 0 Å². The first-order valence-corrected chi connectivity index (χ1v) is 6.36. The largest absolute Gasteiger partial charge is 0.422 e. The highest BCUT2D eigenvalue weighted by atomic mass is 19.1.